The highest BCUT2D eigenvalue weighted by Crippen LogP contribution is 2.41. The Kier molecular flexibility index (Phi) is 3.91. The molecule has 0 radical (unpaired) electrons. The van der Waals surface area contributed by atoms with Crippen molar-refractivity contribution in [2.75, 3.05) is 4.90 Å². The molecule has 1 aliphatic carbocycles. The molecule has 0 bridgehead atoms. The first kappa shape index (κ1) is 14.1. The number of para-hydroxylation sites is 1. The SMILES string of the molecule is C=CC1CCCCC1C1CC(=O)N(c2ccccc2)C1=O. The summed E-state index contributed by atoms with van der Waals surface area (Å²) >= 11 is 0. The van der Waals surface area contributed by atoms with Gasteiger partial charge >= 0.3 is 0 Å². The molecule has 2 fully saturated rings. The lowest BCUT2D eigenvalue weighted by molar-refractivity contribution is -0.123. The van der Waals surface area contributed by atoms with Gasteiger partial charge in [0.05, 0.1) is 11.6 Å². The second-order valence-corrected chi connectivity index (χ2v) is 6.06. The Labute approximate surface area is 125 Å². The maximum Gasteiger partial charge on any atom is 0.237 e. The smallest absolute Gasteiger partial charge is 0.237 e. The zero-order chi connectivity index (χ0) is 14.8. The number of benzene rings is 1. The van der Waals surface area contributed by atoms with Crippen molar-refractivity contribution < 1.29 is 9.59 Å². The zero-order valence-electron chi connectivity index (χ0n) is 12.2. The molecule has 3 rings (SSSR count). The molecule has 3 nitrogen and oxygen atoms in total. The van der Waals surface area contributed by atoms with Gasteiger partial charge in [0.15, 0.2) is 0 Å². The summed E-state index contributed by atoms with van der Waals surface area (Å²) in [4.78, 5) is 26.4. The van der Waals surface area contributed by atoms with E-state index >= 15 is 0 Å². The third kappa shape index (κ3) is 2.53. The van der Waals surface area contributed by atoms with Crippen LogP contribution in [0.1, 0.15) is 32.1 Å². The molecule has 2 amide bonds. The van der Waals surface area contributed by atoms with Crippen LogP contribution in [0.5, 0.6) is 0 Å². The van der Waals surface area contributed by atoms with Gasteiger partial charge in [-0.1, -0.05) is 37.1 Å². The van der Waals surface area contributed by atoms with E-state index < -0.39 is 0 Å². The first-order valence-corrected chi connectivity index (χ1v) is 7.76. The molecule has 2 aliphatic rings. The summed E-state index contributed by atoms with van der Waals surface area (Å²) in [7, 11) is 0. The van der Waals surface area contributed by atoms with Crippen molar-refractivity contribution in [3.8, 4) is 0 Å². The number of nitrogens with zero attached hydrogens (tertiary/aromatic N) is 1. The van der Waals surface area contributed by atoms with E-state index in [4.69, 9.17) is 0 Å². The van der Waals surface area contributed by atoms with Gasteiger partial charge < -0.3 is 0 Å². The number of rotatable bonds is 3. The van der Waals surface area contributed by atoms with Gasteiger partial charge in [0.1, 0.15) is 0 Å². The lowest BCUT2D eigenvalue weighted by atomic mass is 9.72. The summed E-state index contributed by atoms with van der Waals surface area (Å²) in [5.74, 6) is 0.396. The molecule has 3 atom stereocenters. The van der Waals surface area contributed by atoms with Crippen molar-refractivity contribution >= 4 is 17.5 Å². The van der Waals surface area contributed by atoms with E-state index in [-0.39, 0.29) is 23.7 Å². The highest BCUT2D eigenvalue weighted by atomic mass is 16.2. The quantitative estimate of drug-likeness (QED) is 0.628. The molecule has 110 valence electrons. The molecule has 1 aliphatic heterocycles. The summed E-state index contributed by atoms with van der Waals surface area (Å²) < 4.78 is 0. The van der Waals surface area contributed by atoms with Crippen molar-refractivity contribution in [3.63, 3.8) is 0 Å². The van der Waals surface area contributed by atoms with Gasteiger partial charge in [-0.15, -0.1) is 6.58 Å². The van der Waals surface area contributed by atoms with Crippen LogP contribution < -0.4 is 4.90 Å². The molecule has 0 spiro atoms. The van der Waals surface area contributed by atoms with Crippen LogP contribution in [0.15, 0.2) is 43.0 Å². The average Bonchev–Trinajstić information content (AvgIpc) is 2.83. The van der Waals surface area contributed by atoms with Gasteiger partial charge in [0.2, 0.25) is 11.8 Å². The molecule has 0 N–H and O–H groups in total. The van der Waals surface area contributed by atoms with E-state index in [0.717, 1.165) is 19.3 Å². The number of hydrogen-bond acceptors (Lipinski definition) is 2. The molecule has 1 saturated carbocycles. The monoisotopic (exact) mass is 283 g/mol. The molecular weight excluding hydrogens is 262 g/mol. The number of imide groups is 1. The fourth-order valence-electron chi connectivity index (χ4n) is 3.82. The first-order valence-electron chi connectivity index (χ1n) is 7.76. The standard InChI is InChI=1S/C18H21NO2/c1-2-13-8-6-7-11-15(13)16-12-17(20)19(18(16)21)14-9-4-3-5-10-14/h2-5,9-10,13,15-16H,1,6-8,11-12H2. The summed E-state index contributed by atoms with van der Waals surface area (Å²) in [6.07, 6.45) is 6.80. The number of amides is 2. The molecule has 1 heterocycles. The van der Waals surface area contributed by atoms with Crippen LogP contribution in [0, 0.1) is 17.8 Å². The van der Waals surface area contributed by atoms with Crippen LogP contribution >= 0.6 is 0 Å². The molecule has 3 unspecified atom stereocenters. The predicted molar refractivity (Wildman–Crippen MR) is 82.7 cm³/mol. The number of carbonyl (C=O) groups is 2. The summed E-state index contributed by atoms with van der Waals surface area (Å²) in [6.45, 7) is 3.92. The highest BCUT2D eigenvalue weighted by molar-refractivity contribution is 6.21. The maximum atomic E-state index is 12.7. The minimum atomic E-state index is -0.166. The maximum absolute atomic E-state index is 12.7. The minimum Gasteiger partial charge on any atom is -0.274 e. The topological polar surface area (TPSA) is 37.4 Å². The molecule has 1 aromatic carbocycles. The fourth-order valence-corrected chi connectivity index (χ4v) is 3.82. The van der Waals surface area contributed by atoms with E-state index in [1.807, 2.05) is 36.4 Å². The Morgan fingerprint density at radius 2 is 1.81 bits per heavy atom. The lowest BCUT2D eigenvalue weighted by Gasteiger charge is -2.32. The second kappa shape index (κ2) is 5.84. The van der Waals surface area contributed by atoms with Gasteiger partial charge in [0.25, 0.3) is 0 Å². The Balaban J connectivity index is 1.84. The van der Waals surface area contributed by atoms with Crippen LogP contribution in [0.2, 0.25) is 0 Å². The van der Waals surface area contributed by atoms with Crippen molar-refractivity contribution in [3.05, 3.63) is 43.0 Å². The van der Waals surface area contributed by atoms with E-state index in [1.54, 1.807) is 0 Å². The van der Waals surface area contributed by atoms with Gasteiger partial charge in [-0.25, -0.2) is 0 Å². The Hall–Kier alpha value is -1.90. The van der Waals surface area contributed by atoms with Gasteiger partial charge in [0, 0.05) is 6.42 Å². The van der Waals surface area contributed by atoms with Crippen molar-refractivity contribution in [1.29, 1.82) is 0 Å². The zero-order valence-corrected chi connectivity index (χ0v) is 12.2. The number of hydrogen-bond donors (Lipinski definition) is 0. The number of carbonyl (C=O) groups excluding carboxylic acids is 2. The van der Waals surface area contributed by atoms with Crippen molar-refractivity contribution in [2.24, 2.45) is 17.8 Å². The van der Waals surface area contributed by atoms with Crippen LogP contribution in [0.25, 0.3) is 0 Å². The van der Waals surface area contributed by atoms with Crippen LogP contribution in [-0.4, -0.2) is 11.8 Å². The Bertz CT molecular complexity index is 552. The van der Waals surface area contributed by atoms with E-state index in [2.05, 4.69) is 6.58 Å². The van der Waals surface area contributed by atoms with E-state index in [9.17, 15) is 9.59 Å². The van der Waals surface area contributed by atoms with Crippen LogP contribution in [0.3, 0.4) is 0 Å². The highest BCUT2D eigenvalue weighted by Gasteiger charge is 2.45. The van der Waals surface area contributed by atoms with Crippen LogP contribution in [0.4, 0.5) is 5.69 Å². The summed E-state index contributed by atoms with van der Waals surface area (Å²) in [5, 5.41) is 0. The minimum absolute atomic E-state index is 0.0232. The molecule has 1 saturated heterocycles. The Morgan fingerprint density at radius 3 is 2.52 bits per heavy atom. The summed E-state index contributed by atoms with van der Waals surface area (Å²) in [5.41, 5.74) is 0.695. The third-order valence-electron chi connectivity index (χ3n) is 4.89. The fraction of sp³-hybridized carbons (Fsp3) is 0.444. The van der Waals surface area contributed by atoms with Gasteiger partial charge in [-0.3, -0.25) is 14.5 Å². The Morgan fingerprint density at radius 1 is 1.10 bits per heavy atom. The van der Waals surface area contributed by atoms with Gasteiger partial charge in [-0.05, 0) is 36.8 Å². The van der Waals surface area contributed by atoms with E-state index in [1.165, 1.54) is 11.3 Å². The number of anilines is 1. The second-order valence-electron chi connectivity index (χ2n) is 6.06. The molecule has 3 heteroatoms. The first-order chi connectivity index (χ1) is 10.2. The summed E-state index contributed by atoms with van der Waals surface area (Å²) in [6, 6.07) is 9.25. The van der Waals surface area contributed by atoms with Gasteiger partial charge in [-0.2, -0.15) is 0 Å². The molecule has 21 heavy (non-hydrogen) atoms. The predicted octanol–water partition coefficient (Wildman–Crippen LogP) is 3.56. The number of allylic oxidation sites excluding steroid dienone is 1. The normalized spacial score (nSPS) is 29.7. The van der Waals surface area contributed by atoms with Crippen molar-refractivity contribution in [1.82, 2.24) is 0 Å². The largest absolute Gasteiger partial charge is 0.274 e. The molecule has 1 aromatic rings. The van der Waals surface area contributed by atoms with Crippen LogP contribution in [-0.2, 0) is 9.59 Å². The average molecular weight is 283 g/mol. The molecule has 0 aromatic heterocycles. The van der Waals surface area contributed by atoms with Crippen molar-refractivity contribution in [2.45, 2.75) is 32.1 Å². The van der Waals surface area contributed by atoms with E-state index in [0.29, 0.717) is 18.0 Å². The molecular formula is C18H21NO2. The lowest BCUT2D eigenvalue weighted by Crippen LogP contribution is -2.34. The third-order valence-corrected chi connectivity index (χ3v) is 4.89.